The monoisotopic (exact) mass is 333 g/mol. The Kier molecular flexibility index (Phi) is 6.91. The second-order valence-corrected chi connectivity index (χ2v) is 6.84. The van der Waals surface area contributed by atoms with Gasteiger partial charge in [-0.2, -0.15) is 0 Å². The third-order valence-corrected chi connectivity index (χ3v) is 4.40. The summed E-state index contributed by atoms with van der Waals surface area (Å²) in [4.78, 5) is 7.00. The molecule has 24 heavy (non-hydrogen) atoms. The third-order valence-electron chi connectivity index (χ3n) is 4.40. The van der Waals surface area contributed by atoms with Gasteiger partial charge in [0.1, 0.15) is 5.75 Å². The molecule has 2 rings (SSSR count). The van der Waals surface area contributed by atoms with Crippen molar-refractivity contribution in [2.45, 2.75) is 33.3 Å². The van der Waals surface area contributed by atoms with Crippen molar-refractivity contribution in [3.05, 3.63) is 29.8 Å². The molecule has 1 aromatic rings. The minimum absolute atomic E-state index is 0.342. The van der Waals surface area contributed by atoms with Crippen molar-refractivity contribution in [1.82, 2.24) is 10.2 Å². The first kappa shape index (κ1) is 18.6. The number of methoxy groups -OCH3 is 1. The minimum atomic E-state index is -0.631. The third kappa shape index (κ3) is 5.13. The summed E-state index contributed by atoms with van der Waals surface area (Å²) in [7, 11) is 1.63. The summed E-state index contributed by atoms with van der Waals surface area (Å²) in [5.74, 6) is 2.99. The van der Waals surface area contributed by atoms with E-state index in [9.17, 15) is 5.11 Å². The van der Waals surface area contributed by atoms with Gasteiger partial charge in [0.15, 0.2) is 5.96 Å². The Morgan fingerprint density at radius 3 is 2.71 bits per heavy atom. The summed E-state index contributed by atoms with van der Waals surface area (Å²) in [5, 5.41) is 13.8. The number of nitrogens with one attached hydrogen (secondary N) is 1. The number of benzene rings is 1. The van der Waals surface area contributed by atoms with Crippen LogP contribution in [0.25, 0.3) is 0 Å². The molecule has 1 aliphatic heterocycles. The van der Waals surface area contributed by atoms with Gasteiger partial charge in [-0.15, -0.1) is 0 Å². The van der Waals surface area contributed by atoms with Crippen LogP contribution in [0.3, 0.4) is 0 Å². The Morgan fingerprint density at radius 2 is 2.08 bits per heavy atom. The van der Waals surface area contributed by atoms with Crippen molar-refractivity contribution in [3.8, 4) is 5.75 Å². The number of piperidine rings is 1. The van der Waals surface area contributed by atoms with Gasteiger partial charge < -0.3 is 20.1 Å². The van der Waals surface area contributed by atoms with E-state index in [0.717, 1.165) is 36.9 Å². The molecule has 3 unspecified atom stereocenters. The van der Waals surface area contributed by atoms with Crippen LogP contribution in [-0.4, -0.2) is 49.3 Å². The average molecular weight is 333 g/mol. The van der Waals surface area contributed by atoms with E-state index in [-0.39, 0.29) is 0 Å². The van der Waals surface area contributed by atoms with E-state index in [1.165, 1.54) is 6.42 Å². The fourth-order valence-electron chi connectivity index (χ4n) is 3.39. The van der Waals surface area contributed by atoms with E-state index in [2.05, 4.69) is 36.0 Å². The largest absolute Gasteiger partial charge is 0.497 e. The lowest BCUT2D eigenvalue weighted by Gasteiger charge is -2.37. The first-order valence-corrected chi connectivity index (χ1v) is 8.88. The summed E-state index contributed by atoms with van der Waals surface area (Å²) < 4.78 is 5.22. The molecule has 1 saturated heterocycles. The summed E-state index contributed by atoms with van der Waals surface area (Å²) in [6.45, 7) is 9.86. The van der Waals surface area contributed by atoms with E-state index in [1.54, 1.807) is 7.11 Å². The molecule has 0 spiro atoms. The number of hydrogen-bond donors (Lipinski definition) is 2. The highest BCUT2D eigenvalue weighted by atomic mass is 16.5. The molecular formula is C19H31N3O2. The molecule has 5 heteroatoms. The molecule has 0 aliphatic carbocycles. The lowest BCUT2D eigenvalue weighted by Crippen LogP contribution is -2.48. The summed E-state index contributed by atoms with van der Waals surface area (Å²) in [6.07, 6.45) is 0.635. The van der Waals surface area contributed by atoms with E-state index in [1.807, 2.05) is 24.3 Å². The Bertz CT molecular complexity index is 537. The minimum Gasteiger partial charge on any atom is -0.497 e. The number of ether oxygens (including phenoxy) is 1. The van der Waals surface area contributed by atoms with Gasteiger partial charge >= 0.3 is 0 Å². The van der Waals surface area contributed by atoms with Crippen LogP contribution in [0.2, 0.25) is 0 Å². The van der Waals surface area contributed by atoms with Crippen molar-refractivity contribution >= 4 is 5.96 Å². The topological polar surface area (TPSA) is 57.1 Å². The fourth-order valence-corrected chi connectivity index (χ4v) is 3.39. The summed E-state index contributed by atoms with van der Waals surface area (Å²) in [5.41, 5.74) is 0.828. The molecule has 2 N–H and O–H groups in total. The van der Waals surface area contributed by atoms with Crippen molar-refractivity contribution in [3.63, 3.8) is 0 Å². The number of nitrogens with zero attached hydrogens (tertiary/aromatic N) is 2. The maximum atomic E-state index is 10.5. The van der Waals surface area contributed by atoms with Crippen LogP contribution in [0.4, 0.5) is 0 Å². The Balaban J connectivity index is 2.06. The van der Waals surface area contributed by atoms with Crippen molar-refractivity contribution in [2.75, 3.05) is 33.3 Å². The smallest absolute Gasteiger partial charge is 0.194 e. The Morgan fingerprint density at radius 1 is 1.38 bits per heavy atom. The first-order chi connectivity index (χ1) is 11.5. The first-order valence-electron chi connectivity index (χ1n) is 8.88. The molecule has 0 saturated carbocycles. The van der Waals surface area contributed by atoms with Crippen LogP contribution in [0, 0.1) is 11.8 Å². The molecule has 5 nitrogen and oxygen atoms in total. The van der Waals surface area contributed by atoms with Crippen LogP contribution < -0.4 is 10.1 Å². The van der Waals surface area contributed by atoms with Gasteiger partial charge in [0, 0.05) is 19.6 Å². The van der Waals surface area contributed by atoms with E-state index in [4.69, 9.17) is 4.74 Å². The molecule has 3 atom stereocenters. The van der Waals surface area contributed by atoms with Gasteiger partial charge in [0.25, 0.3) is 0 Å². The molecule has 134 valence electrons. The predicted molar refractivity (Wildman–Crippen MR) is 98.5 cm³/mol. The van der Waals surface area contributed by atoms with E-state index in [0.29, 0.717) is 18.4 Å². The molecule has 1 heterocycles. The molecule has 1 aliphatic rings. The number of guanidine groups is 1. The van der Waals surface area contributed by atoms with Crippen molar-refractivity contribution in [1.29, 1.82) is 0 Å². The fraction of sp³-hybridized carbons (Fsp3) is 0.632. The zero-order valence-electron chi connectivity index (χ0n) is 15.3. The van der Waals surface area contributed by atoms with Gasteiger partial charge in [-0.25, -0.2) is 0 Å². The number of likely N-dealkylation sites (tertiary alicyclic amines) is 1. The normalized spacial score (nSPS) is 23.0. The van der Waals surface area contributed by atoms with Crippen LogP contribution in [0.1, 0.15) is 38.9 Å². The van der Waals surface area contributed by atoms with Crippen molar-refractivity contribution in [2.24, 2.45) is 16.8 Å². The standard InChI is InChI=1S/C19H31N3O2/c1-5-20-19(22-12-14(2)9-15(3)13-22)21-11-18(23)16-7-6-8-17(10-16)24-4/h6-8,10,14-15,18,23H,5,9,11-13H2,1-4H3,(H,20,21). The highest BCUT2D eigenvalue weighted by Gasteiger charge is 2.24. The number of aliphatic imine (C=N–C) groups is 1. The quantitative estimate of drug-likeness (QED) is 0.642. The van der Waals surface area contributed by atoms with Crippen LogP contribution >= 0.6 is 0 Å². The van der Waals surface area contributed by atoms with Crippen LogP contribution in [0.15, 0.2) is 29.3 Å². The average Bonchev–Trinajstić information content (AvgIpc) is 2.57. The number of rotatable bonds is 5. The Labute approximate surface area is 145 Å². The number of hydrogen-bond acceptors (Lipinski definition) is 3. The predicted octanol–water partition coefficient (Wildman–Crippen LogP) is 2.67. The van der Waals surface area contributed by atoms with Gasteiger partial charge in [0.2, 0.25) is 0 Å². The summed E-state index contributed by atoms with van der Waals surface area (Å²) in [6, 6.07) is 7.53. The van der Waals surface area contributed by atoms with Gasteiger partial charge in [-0.1, -0.05) is 26.0 Å². The van der Waals surface area contributed by atoms with Crippen LogP contribution in [-0.2, 0) is 0 Å². The maximum absolute atomic E-state index is 10.5. The lowest BCUT2D eigenvalue weighted by molar-refractivity contribution is 0.183. The second kappa shape index (κ2) is 8.92. The highest BCUT2D eigenvalue weighted by molar-refractivity contribution is 5.80. The highest BCUT2D eigenvalue weighted by Crippen LogP contribution is 2.22. The molecule has 1 aromatic carbocycles. The maximum Gasteiger partial charge on any atom is 0.194 e. The van der Waals surface area contributed by atoms with E-state index < -0.39 is 6.10 Å². The molecular weight excluding hydrogens is 302 g/mol. The second-order valence-electron chi connectivity index (χ2n) is 6.84. The number of aliphatic hydroxyl groups excluding tert-OH is 1. The lowest BCUT2D eigenvalue weighted by atomic mass is 9.92. The van der Waals surface area contributed by atoms with Gasteiger partial charge in [0.05, 0.1) is 19.8 Å². The van der Waals surface area contributed by atoms with E-state index >= 15 is 0 Å². The zero-order chi connectivity index (χ0) is 17.5. The van der Waals surface area contributed by atoms with Gasteiger partial charge in [-0.3, -0.25) is 4.99 Å². The molecule has 1 fully saturated rings. The SMILES string of the molecule is CCNC(=NCC(O)c1cccc(OC)c1)N1CC(C)CC(C)C1. The molecule has 0 radical (unpaired) electrons. The molecule has 0 amide bonds. The van der Waals surface area contributed by atoms with Crippen molar-refractivity contribution < 1.29 is 9.84 Å². The zero-order valence-corrected chi connectivity index (χ0v) is 15.3. The Hall–Kier alpha value is -1.75. The van der Waals surface area contributed by atoms with Crippen LogP contribution in [0.5, 0.6) is 5.75 Å². The number of aliphatic hydroxyl groups is 1. The summed E-state index contributed by atoms with van der Waals surface area (Å²) >= 11 is 0. The molecule has 0 aromatic heterocycles. The van der Waals surface area contributed by atoms with Gasteiger partial charge in [-0.05, 0) is 42.9 Å². The molecule has 0 bridgehead atoms.